The molecule has 0 saturated heterocycles. The van der Waals surface area contributed by atoms with Crippen molar-refractivity contribution >= 4 is 5.82 Å². The summed E-state index contributed by atoms with van der Waals surface area (Å²) in [6.45, 7) is 0.467. The Hall–Kier alpha value is -1.16. The predicted octanol–water partition coefficient (Wildman–Crippen LogP) is 2.34. The van der Waals surface area contributed by atoms with Crippen molar-refractivity contribution < 1.29 is 0 Å². The van der Waals surface area contributed by atoms with Crippen molar-refractivity contribution in [2.45, 2.75) is 50.6 Å². The second kappa shape index (κ2) is 4.42. The van der Waals surface area contributed by atoms with Crippen molar-refractivity contribution in [2.75, 3.05) is 11.9 Å². The van der Waals surface area contributed by atoms with E-state index in [-0.39, 0.29) is 0 Å². The molecule has 1 aromatic heterocycles. The third kappa shape index (κ3) is 1.85. The van der Waals surface area contributed by atoms with E-state index in [0.717, 1.165) is 29.3 Å². The highest BCUT2D eigenvalue weighted by Crippen LogP contribution is 2.57. The molecule has 5 rings (SSSR count). The molecule has 4 fully saturated rings. The zero-order valence-corrected chi connectivity index (χ0v) is 12.3. The Morgan fingerprint density at radius 3 is 2.15 bits per heavy atom. The first-order valence-corrected chi connectivity index (χ1v) is 7.95. The molecule has 0 spiro atoms. The van der Waals surface area contributed by atoms with Crippen LogP contribution in [0.3, 0.4) is 0 Å². The standard InChI is InChI=1S/C16H24N4/c1-20(15-3-2-14(10-17)18-19-15)16-7-11-4-12(8-16)6-13(5-11)9-16/h2-3,11-13H,4-10,17H2,1H3. The first-order chi connectivity index (χ1) is 9.68. The fourth-order valence-electron chi connectivity index (χ4n) is 5.36. The number of nitrogens with zero attached hydrogens (tertiary/aromatic N) is 3. The number of hydrogen-bond acceptors (Lipinski definition) is 4. The van der Waals surface area contributed by atoms with E-state index in [2.05, 4.69) is 28.2 Å². The molecule has 4 saturated carbocycles. The van der Waals surface area contributed by atoms with Gasteiger partial charge in [0.05, 0.1) is 5.69 Å². The highest BCUT2D eigenvalue weighted by atomic mass is 15.3. The van der Waals surface area contributed by atoms with Crippen LogP contribution in [0.5, 0.6) is 0 Å². The molecule has 0 radical (unpaired) electrons. The molecule has 4 nitrogen and oxygen atoms in total. The zero-order chi connectivity index (χ0) is 13.7. The Labute approximate surface area is 120 Å². The molecule has 1 aromatic rings. The third-order valence-corrected chi connectivity index (χ3v) is 5.98. The fourth-order valence-corrected chi connectivity index (χ4v) is 5.36. The molecule has 0 unspecified atom stereocenters. The van der Waals surface area contributed by atoms with Gasteiger partial charge in [-0.05, 0) is 68.4 Å². The maximum absolute atomic E-state index is 5.61. The summed E-state index contributed by atoms with van der Waals surface area (Å²) in [6, 6.07) is 4.10. The first kappa shape index (κ1) is 12.6. The molecular weight excluding hydrogens is 248 g/mol. The van der Waals surface area contributed by atoms with E-state index in [1.807, 2.05) is 6.07 Å². The Balaban J connectivity index is 1.62. The summed E-state index contributed by atoms with van der Waals surface area (Å²) in [5, 5.41) is 8.63. The zero-order valence-electron chi connectivity index (χ0n) is 12.3. The lowest BCUT2D eigenvalue weighted by atomic mass is 9.52. The van der Waals surface area contributed by atoms with Crippen LogP contribution in [0.1, 0.15) is 44.2 Å². The topological polar surface area (TPSA) is 55.0 Å². The summed E-state index contributed by atoms with van der Waals surface area (Å²) >= 11 is 0. The summed E-state index contributed by atoms with van der Waals surface area (Å²) in [7, 11) is 2.22. The lowest BCUT2D eigenvalue weighted by molar-refractivity contribution is -0.00235. The summed E-state index contributed by atoms with van der Waals surface area (Å²) < 4.78 is 0. The maximum atomic E-state index is 5.61. The van der Waals surface area contributed by atoms with Crippen LogP contribution in [0.2, 0.25) is 0 Å². The minimum atomic E-state index is 0.355. The van der Waals surface area contributed by atoms with Gasteiger partial charge in [0.15, 0.2) is 5.82 Å². The van der Waals surface area contributed by atoms with Crippen LogP contribution in [-0.2, 0) is 6.54 Å². The Bertz CT molecular complexity index is 460. The summed E-state index contributed by atoms with van der Waals surface area (Å²) in [4.78, 5) is 2.44. The van der Waals surface area contributed by atoms with Gasteiger partial charge in [-0.25, -0.2) is 0 Å². The molecule has 0 amide bonds. The van der Waals surface area contributed by atoms with E-state index in [1.54, 1.807) is 0 Å². The van der Waals surface area contributed by atoms with E-state index in [9.17, 15) is 0 Å². The maximum Gasteiger partial charge on any atom is 0.151 e. The van der Waals surface area contributed by atoms with Crippen molar-refractivity contribution in [2.24, 2.45) is 23.5 Å². The molecule has 1 heterocycles. The normalized spacial score (nSPS) is 38.2. The second-order valence-corrected chi connectivity index (χ2v) is 7.29. The van der Waals surface area contributed by atoms with E-state index >= 15 is 0 Å². The quantitative estimate of drug-likeness (QED) is 0.917. The van der Waals surface area contributed by atoms with Gasteiger partial charge in [-0.15, -0.1) is 5.10 Å². The molecule has 4 aliphatic carbocycles. The third-order valence-electron chi connectivity index (χ3n) is 5.98. The van der Waals surface area contributed by atoms with Gasteiger partial charge in [0.25, 0.3) is 0 Å². The summed E-state index contributed by atoms with van der Waals surface area (Å²) in [5.41, 5.74) is 6.83. The average molecular weight is 272 g/mol. The first-order valence-electron chi connectivity index (χ1n) is 7.95. The van der Waals surface area contributed by atoms with E-state index < -0.39 is 0 Å². The minimum Gasteiger partial charge on any atom is -0.352 e. The monoisotopic (exact) mass is 272 g/mol. The number of rotatable bonds is 3. The Morgan fingerprint density at radius 2 is 1.70 bits per heavy atom. The van der Waals surface area contributed by atoms with Gasteiger partial charge in [-0.3, -0.25) is 0 Å². The van der Waals surface area contributed by atoms with Crippen LogP contribution < -0.4 is 10.6 Å². The average Bonchev–Trinajstić information content (AvgIpc) is 2.45. The Morgan fingerprint density at radius 1 is 1.10 bits per heavy atom. The Kier molecular flexibility index (Phi) is 2.78. The lowest BCUT2D eigenvalue weighted by Crippen LogP contribution is -2.59. The molecule has 4 heteroatoms. The number of hydrogen-bond donors (Lipinski definition) is 1. The fraction of sp³-hybridized carbons (Fsp3) is 0.750. The molecule has 4 bridgehead atoms. The molecule has 0 aromatic carbocycles. The molecular formula is C16H24N4. The van der Waals surface area contributed by atoms with Crippen molar-refractivity contribution in [3.63, 3.8) is 0 Å². The van der Waals surface area contributed by atoms with Crippen molar-refractivity contribution in [3.05, 3.63) is 17.8 Å². The summed E-state index contributed by atoms with van der Waals surface area (Å²) in [5.74, 6) is 3.89. The van der Waals surface area contributed by atoms with Crippen LogP contribution in [-0.4, -0.2) is 22.8 Å². The molecule has 2 N–H and O–H groups in total. The van der Waals surface area contributed by atoms with Gasteiger partial charge in [0.1, 0.15) is 0 Å². The van der Waals surface area contributed by atoms with Crippen LogP contribution in [0.25, 0.3) is 0 Å². The second-order valence-electron chi connectivity index (χ2n) is 7.29. The minimum absolute atomic E-state index is 0.355. The van der Waals surface area contributed by atoms with Crippen LogP contribution in [0.15, 0.2) is 12.1 Å². The van der Waals surface area contributed by atoms with E-state index in [4.69, 9.17) is 5.73 Å². The SMILES string of the molecule is CN(c1ccc(CN)nn1)C12CC3CC(CC(C3)C1)C2. The van der Waals surface area contributed by atoms with Crippen LogP contribution in [0, 0.1) is 17.8 Å². The van der Waals surface area contributed by atoms with Gasteiger partial charge >= 0.3 is 0 Å². The van der Waals surface area contributed by atoms with Gasteiger partial charge in [-0.1, -0.05) is 0 Å². The van der Waals surface area contributed by atoms with Gasteiger partial charge < -0.3 is 10.6 Å². The lowest BCUT2D eigenvalue weighted by Gasteiger charge is -2.60. The van der Waals surface area contributed by atoms with E-state index in [1.165, 1.54) is 38.5 Å². The molecule has 4 aliphatic rings. The highest BCUT2D eigenvalue weighted by Gasteiger charge is 2.53. The number of anilines is 1. The van der Waals surface area contributed by atoms with Gasteiger partial charge in [-0.2, -0.15) is 5.10 Å². The molecule has 0 aliphatic heterocycles. The van der Waals surface area contributed by atoms with Gasteiger partial charge in [0, 0.05) is 19.1 Å². The van der Waals surface area contributed by atoms with Crippen molar-refractivity contribution in [3.8, 4) is 0 Å². The number of nitrogens with two attached hydrogens (primary N) is 1. The molecule has 0 atom stereocenters. The van der Waals surface area contributed by atoms with Crippen molar-refractivity contribution in [1.82, 2.24) is 10.2 Å². The van der Waals surface area contributed by atoms with Crippen LogP contribution >= 0.6 is 0 Å². The predicted molar refractivity (Wildman–Crippen MR) is 79.2 cm³/mol. The smallest absolute Gasteiger partial charge is 0.151 e. The van der Waals surface area contributed by atoms with Crippen molar-refractivity contribution in [1.29, 1.82) is 0 Å². The molecule has 20 heavy (non-hydrogen) atoms. The van der Waals surface area contributed by atoms with E-state index in [0.29, 0.717) is 12.1 Å². The number of aromatic nitrogens is 2. The largest absolute Gasteiger partial charge is 0.352 e. The summed E-state index contributed by atoms with van der Waals surface area (Å²) in [6.07, 6.45) is 8.50. The molecule has 108 valence electrons. The van der Waals surface area contributed by atoms with Crippen LogP contribution in [0.4, 0.5) is 5.82 Å². The highest BCUT2D eigenvalue weighted by molar-refractivity contribution is 5.41. The van der Waals surface area contributed by atoms with Gasteiger partial charge in [0.2, 0.25) is 0 Å².